The molecule has 0 aromatic heterocycles. The zero-order valence-electron chi connectivity index (χ0n) is 9.37. The predicted octanol–water partition coefficient (Wildman–Crippen LogP) is 1.39. The number of hydrogen-bond donors (Lipinski definition) is 3. The van der Waals surface area contributed by atoms with Crippen LogP contribution in [0, 0.1) is 0 Å². The maximum atomic E-state index is 11.6. The highest BCUT2D eigenvalue weighted by molar-refractivity contribution is 6.33. The van der Waals surface area contributed by atoms with E-state index in [1.54, 1.807) is 18.2 Å². The van der Waals surface area contributed by atoms with Gasteiger partial charge in [-0.25, -0.2) is 0 Å². The van der Waals surface area contributed by atoms with Gasteiger partial charge in [0.05, 0.1) is 23.9 Å². The van der Waals surface area contributed by atoms with Crippen molar-refractivity contribution in [2.75, 3.05) is 18.5 Å². The molecule has 0 saturated heterocycles. The fourth-order valence-electron chi connectivity index (χ4n) is 1.57. The van der Waals surface area contributed by atoms with E-state index in [2.05, 4.69) is 10.6 Å². The van der Waals surface area contributed by atoms with Crippen molar-refractivity contribution in [2.45, 2.75) is 18.4 Å². The van der Waals surface area contributed by atoms with Crippen LogP contribution in [0.5, 0.6) is 0 Å². The summed E-state index contributed by atoms with van der Waals surface area (Å²) in [5.41, 5.74) is 0.382. The molecule has 2 rings (SSSR count). The molecule has 0 bridgehead atoms. The van der Waals surface area contributed by atoms with E-state index in [0.717, 1.165) is 12.8 Å². The van der Waals surface area contributed by atoms with Gasteiger partial charge >= 0.3 is 0 Å². The zero-order valence-corrected chi connectivity index (χ0v) is 10.1. The Balaban J connectivity index is 1.83. The average Bonchev–Trinajstić information content (AvgIpc) is 3.10. The van der Waals surface area contributed by atoms with Crippen molar-refractivity contribution in [3.05, 3.63) is 29.3 Å². The number of para-hydroxylation sites is 1. The Labute approximate surface area is 105 Å². The van der Waals surface area contributed by atoms with Gasteiger partial charge in [-0.1, -0.05) is 23.7 Å². The minimum absolute atomic E-state index is 0.0758. The van der Waals surface area contributed by atoms with E-state index < -0.39 is 0 Å². The topological polar surface area (TPSA) is 61.4 Å². The number of carbonyl (C=O) groups is 1. The Morgan fingerprint density at radius 1 is 1.41 bits per heavy atom. The lowest BCUT2D eigenvalue weighted by Crippen LogP contribution is -2.40. The summed E-state index contributed by atoms with van der Waals surface area (Å²) in [5.74, 6) is -0.155. The third-order valence-electron chi connectivity index (χ3n) is 2.93. The van der Waals surface area contributed by atoms with Gasteiger partial charge in [-0.15, -0.1) is 0 Å². The van der Waals surface area contributed by atoms with Crippen molar-refractivity contribution in [2.24, 2.45) is 0 Å². The maximum Gasteiger partial charge on any atom is 0.238 e. The molecule has 1 aromatic carbocycles. The number of nitrogens with one attached hydrogen (secondary N) is 2. The first-order chi connectivity index (χ1) is 8.15. The van der Waals surface area contributed by atoms with E-state index in [4.69, 9.17) is 16.7 Å². The summed E-state index contributed by atoms with van der Waals surface area (Å²) in [4.78, 5) is 11.6. The summed E-state index contributed by atoms with van der Waals surface area (Å²) >= 11 is 5.92. The molecule has 0 radical (unpaired) electrons. The number of carbonyl (C=O) groups excluding carboxylic acids is 1. The Bertz CT molecular complexity index is 419. The third-order valence-corrected chi connectivity index (χ3v) is 3.26. The minimum atomic E-state index is -0.224. The number of aliphatic hydroxyl groups excluding tert-OH is 1. The smallest absolute Gasteiger partial charge is 0.238 e. The molecule has 17 heavy (non-hydrogen) atoms. The molecule has 1 amide bonds. The molecule has 1 aromatic rings. The van der Waals surface area contributed by atoms with Gasteiger partial charge in [-0.2, -0.15) is 0 Å². The van der Waals surface area contributed by atoms with Crippen LogP contribution in [0.25, 0.3) is 0 Å². The Morgan fingerprint density at radius 2 is 2.12 bits per heavy atom. The maximum absolute atomic E-state index is 11.6. The van der Waals surface area contributed by atoms with Gasteiger partial charge in [0.2, 0.25) is 5.91 Å². The number of halogens is 1. The van der Waals surface area contributed by atoms with Crippen LogP contribution < -0.4 is 10.6 Å². The molecule has 0 atom stereocenters. The van der Waals surface area contributed by atoms with Gasteiger partial charge in [-0.3, -0.25) is 4.79 Å². The molecule has 1 aliphatic carbocycles. The second kappa shape index (κ2) is 5.04. The van der Waals surface area contributed by atoms with Crippen LogP contribution in [0.3, 0.4) is 0 Å². The monoisotopic (exact) mass is 254 g/mol. The summed E-state index contributed by atoms with van der Waals surface area (Å²) in [6.07, 6.45) is 1.84. The summed E-state index contributed by atoms with van der Waals surface area (Å²) in [7, 11) is 0. The van der Waals surface area contributed by atoms with Gasteiger partial charge in [0.1, 0.15) is 0 Å². The Kier molecular flexibility index (Phi) is 3.66. The van der Waals surface area contributed by atoms with Crippen molar-refractivity contribution in [3.63, 3.8) is 0 Å². The van der Waals surface area contributed by atoms with Crippen molar-refractivity contribution in [1.82, 2.24) is 5.32 Å². The van der Waals surface area contributed by atoms with Gasteiger partial charge in [0, 0.05) is 5.54 Å². The highest BCUT2D eigenvalue weighted by Crippen LogP contribution is 2.34. The van der Waals surface area contributed by atoms with Crippen LogP contribution >= 0.6 is 11.6 Å². The molecule has 4 nitrogen and oxygen atoms in total. The summed E-state index contributed by atoms with van der Waals surface area (Å²) in [5, 5.41) is 15.4. The first kappa shape index (κ1) is 12.4. The second-order valence-electron chi connectivity index (χ2n) is 4.32. The quantitative estimate of drug-likeness (QED) is 0.744. The lowest BCUT2D eigenvalue weighted by molar-refractivity contribution is -0.115. The zero-order chi connectivity index (χ0) is 12.3. The molecule has 0 aliphatic heterocycles. The van der Waals surface area contributed by atoms with Gasteiger partial charge in [-0.05, 0) is 25.0 Å². The van der Waals surface area contributed by atoms with Crippen molar-refractivity contribution in [3.8, 4) is 0 Å². The standard InChI is InChI=1S/C12H15ClN2O2/c13-9-3-1-2-4-10(9)15-11(17)7-14-12(8-16)5-6-12/h1-4,14,16H,5-8H2,(H,15,17). The van der Waals surface area contributed by atoms with E-state index in [1.165, 1.54) is 0 Å². The lowest BCUT2D eigenvalue weighted by atomic mass is 10.3. The number of anilines is 1. The van der Waals surface area contributed by atoms with Gasteiger partial charge in [0.25, 0.3) is 0 Å². The predicted molar refractivity (Wildman–Crippen MR) is 67.1 cm³/mol. The fourth-order valence-corrected chi connectivity index (χ4v) is 1.75. The molecule has 1 fully saturated rings. The van der Waals surface area contributed by atoms with E-state index in [-0.39, 0.29) is 24.6 Å². The number of benzene rings is 1. The van der Waals surface area contributed by atoms with Crippen molar-refractivity contribution < 1.29 is 9.90 Å². The molecular weight excluding hydrogens is 240 g/mol. The summed E-state index contributed by atoms with van der Waals surface area (Å²) in [6, 6.07) is 7.09. The first-order valence-electron chi connectivity index (χ1n) is 5.55. The molecule has 0 spiro atoms. The molecule has 0 unspecified atom stereocenters. The van der Waals surface area contributed by atoms with Gasteiger partial charge in [0.15, 0.2) is 0 Å². The Hall–Kier alpha value is -1.10. The number of aliphatic hydroxyl groups is 1. The van der Waals surface area contributed by atoms with E-state index in [0.29, 0.717) is 10.7 Å². The second-order valence-corrected chi connectivity index (χ2v) is 4.73. The molecule has 0 heterocycles. The normalized spacial score (nSPS) is 16.6. The summed E-state index contributed by atoms with van der Waals surface area (Å²) in [6.45, 7) is 0.262. The van der Waals surface area contributed by atoms with Crippen LogP contribution in [-0.2, 0) is 4.79 Å². The van der Waals surface area contributed by atoms with Crippen LogP contribution in [0.1, 0.15) is 12.8 Å². The van der Waals surface area contributed by atoms with Crippen molar-refractivity contribution >= 4 is 23.2 Å². The SMILES string of the molecule is O=C(CNC1(CO)CC1)Nc1ccccc1Cl. The number of hydrogen-bond acceptors (Lipinski definition) is 3. The first-order valence-corrected chi connectivity index (χ1v) is 5.93. The molecular formula is C12H15ClN2O2. The van der Waals surface area contributed by atoms with Crippen LogP contribution in [0.2, 0.25) is 5.02 Å². The molecule has 1 aliphatic rings. The average molecular weight is 255 g/mol. The molecule has 1 saturated carbocycles. The van der Waals surface area contributed by atoms with E-state index in [1.807, 2.05) is 6.07 Å². The highest BCUT2D eigenvalue weighted by Gasteiger charge is 2.41. The highest BCUT2D eigenvalue weighted by atomic mass is 35.5. The minimum Gasteiger partial charge on any atom is -0.394 e. The van der Waals surface area contributed by atoms with Crippen LogP contribution in [0.4, 0.5) is 5.69 Å². The fraction of sp³-hybridized carbons (Fsp3) is 0.417. The Morgan fingerprint density at radius 3 is 2.71 bits per heavy atom. The summed E-state index contributed by atoms with van der Waals surface area (Å²) < 4.78 is 0. The molecule has 92 valence electrons. The van der Waals surface area contributed by atoms with Crippen LogP contribution in [-0.4, -0.2) is 29.7 Å². The van der Waals surface area contributed by atoms with Crippen molar-refractivity contribution in [1.29, 1.82) is 0 Å². The molecule has 3 N–H and O–H groups in total. The molecule has 5 heteroatoms. The van der Waals surface area contributed by atoms with E-state index in [9.17, 15) is 4.79 Å². The number of rotatable bonds is 5. The lowest BCUT2D eigenvalue weighted by Gasteiger charge is -2.14. The largest absolute Gasteiger partial charge is 0.394 e. The van der Waals surface area contributed by atoms with Crippen LogP contribution in [0.15, 0.2) is 24.3 Å². The van der Waals surface area contributed by atoms with Gasteiger partial charge < -0.3 is 15.7 Å². The third kappa shape index (κ3) is 3.19. The number of amides is 1. The van der Waals surface area contributed by atoms with E-state index >= 15 is 0 Å².